The van der Waals surface area contributed by atoms with Crippen LogP contribution < -0.4 is 0 Å². The van der Waals surface area contributed by atoms with Crippen LogP contribution in [0.5, 0.6) is 0 Å². The summed E-state index contributed by atoms with van der Waals surface area (Å²) in [5.41, 5.74) is 0.867. The van der Waals surface area contributed by atoms with Gasteiger partial charge in [0, 0.05) is 18.8 Å². The molecule has 30 heavy (non-hydrogen) atoms. The average molecular weight is 437 g/mol. The molecule has 2 aromatic carbocycles. The van der Waals surface area contributed by atoms with E-state index >= 15 is 0 Å². The minimum Gasteiger partial charge on any atom is -0.262 e. The SMILES string of the molecule is O=S(=O)(c1cnn(CC(F)(F)F)c1)N(Cc1cccc2ccccc12)C1CCCC1. The van der Waals surface area contributed by atoms with Crippen LogP contribution in [0.15, 0.2) is 59.8 Å². The molecule has 1 aliphatic rings. The summed E-state index contributed by atoms with van der Waals surface area (Å²) in [5.74, 6) is 0. The van der Waals surface area contributed by atoms with E-state index < -0.39 is 22.7 Å². The number of halogens is 3. The van der Waals surface area contributed by atoms with Crippen molar-refractivity contribution >= 4 is 20.8 Å². The van der Waals surface area contributed by atoms with Gasteiger partial charge >= 0.3 is 6.18 Å². The van der Waals surface area contributed by atoms with Crippen LogP contribution in [0.25, 0.3) is 10.8 Å². The molecule has 0 atom stereocenters. The lowest BCUT2D eigenvalue weighted by Crippen LogP contribution is -2.38. The number of hydrogen-bond donors (Lipinski definition) is 0. The second-order valence-corrected chi connectivity index (χ2v) is 9.51. The predicted molar refractivity (Wildman–Crippen MR) is 107 cm³/mol. The number of fused-ring (bicyclic) bond motifs is 1. The first-order valence-electron chi connectivity index (χ1n) is 9.82. The fourth-order valence-electron chi connectivity index (χ4n) is 4.08. The van der Waals surface area contributed by atoms with Crippen LogP contribution in [0.4, 0.5) is 13.2 Å². The van der Waals surface area contributed by atoms with Crippen molar-refractivity contribution in [3.63, 3.8) is 0 Å². The number of benzene rings is 2. The summed E-state index contributed by atoms with van der Waals surface area (Å²) in [6.45, 7) is -1.16. The van der Waals surface area contributed by atoms with Gasteiger partial charge in [-0.15, -0.1) is 0 Å². The first-order valence-corrected chi connectivity index (χ1v) is 11.3. The Morgan fingerprint density at radius 2 is 1.77 bits per heavy atom. The van der Waals surface area contributed by atoms with Gasteiger partial charge in [-0.25, -0.2) is 8.42 Å². The van der Waals surface area contributed by atoms with Gasteiger partial charge in [-0.05, 0) is 29.2 Å². The first-order chi connectivity index (χ1) is 14.2. The van der Waals surface area contributed by atoms with Crippen molar-refractivity contribution in [2.75, 3.05) is 0 Å². The van der Waals surface area contributed by atoms with Gasteiger partial charge in [0.25, 0.3) is 0 Å². The van der Waals surface area contributed by atoms with Crippen molar-refractivity contribution in [1.29, 1.82) is 0 Å². The van der Waals surface area contributed by atoms with Gasteiger partial charge in [0.2, 0.25) is 10.0 Å². The van der Waals surface area contributed by atoms with Gasteiger partial charge in [0.05, 0.1) is 6.20 Å². The third kappa shape index (κ3) is 4.37. The lowest BCUT2D eigenvalue weighted by Gasteiger charge is -2.28. The minimum atomic E-state index is -4.47. The normalized spacial score (nSPS) is 16.0. The monoisotopic (exact) mass is 437 g/mol. The minimum absolute atomic E-state index is 0.165. The van der Waals surface area contributed by atoms with E-state index in [1.807, 2.05) is 42.5 Å². The second-order valence-electron chi connectivity index (χ2n) is 7.62. The fraction of sp³-hybridized carbons (Fsp3) is 0.381. The van der Waals surface area contributed by atoms with Crippen LogP contribution in [-0.4, -0.2) is 34.7 Å². The van der Waals surface area contributed by atoms with Gasteiger partial charge in [0.1, 0.15) is 11.4 Å². The molecule has 160 valence electrons. The van der Waals surface area contributed by atoms with E-state index in [-0.39, 0.29) is 17.5 Å². The average Bonchev–Trinajstić information content (AvgIpc) is 3.37. The highest BCUT2D eigenvalue weighted by Crippen LogP contribution is 2.32. The zero-order valence-electron chi connectivity index (χ0n) is 16.2. The number of nitrogens with zero attached hydrogens (tertiary/aromatic N) is 3. The predicted octanol–water partition coefficient (Wildman–Crippen LogP) is 4.73. The summed E-state index contributed by atoms with van der Waals surface area (Å²) >= 11 is 0. The molecule has 0 radical (unpaired) electrons. The highest BCUT2D eigenvalue weighted by molar-refractivity contribution is 7.89. The van der Waals surface area contributed by atoms with E-state index in [1.165, 1.54) is 4.31 Å². The number of aromatic nitrogens is 2. The molecule has 5 nitrogen and oxygen atoms in total. The summed E-state index contributed by atoms with van der Waals surface area (Å²) in [4.78, 5) is -0.209. The van der Waals surface area contributed by atoms with E-state index in [9.17, 15) is 21.6 Å². The van der Waals surface area contributed by atoms with Crippen molar-refractivity contribution < 1.29 is 21.6 Å². The Bertz CT molecular complexity index is 1130. The zero-order chi connectivity index (χ0) is 21.4. The van der Waals surface area contributed by atoms with Crippen molar-refractivity contribution in [3.8, 4) is 0 Å². The third-order valence-electron chi connectivity index (χ3n) is 5.50. The van der Waals surface area contributed by atoms with Crippen molar-refractivity contribution in [2.45, 2.75) is 55.9 Å². The van der Waals surface area contributed by atoms with E-state index in [4.69, 9.17) is 0 Å². The smallest absolute Gasteiger partial charge is 0.262 e. The molecule has 1 saturated carbocycles. The van der Waals surface area contributed by atoms with Crippen molar-refractivity contribution in [1.82, 2.24) is 14.1 Å². The molecule has 3 aromatic rings. The van der Waals surface area contributed by atoms with Crippen LogP contribution in [0.1, 0.15) is 31.2 Å². The first kappa shape index (κ1) is 20.9. The molecule has 0 spiro atoms. The van der Waals surface area contributed by atoms with E-state index in [0.717, 1.165) is 54.4 Å². The molecular formula is C21H22F3N3O2S. The van der Waals surface area contributed by atoms with Gasteiger partial charge < -0.3 is 0 Å². The topological polar surface area (TPSA) is 55.2 Å². The maximum atomic E-state index is 13.4. The van der Waals surface area contributed by atoms with Crippen LogP contribution >= 0.6 is 0 Å². The van der Waals surface area contributed by atoms with Crippen molar-refractivity contribution in [2.24, 2.45) is 0 Å². The number of hydrogen-bond acceptors (Lipinski definition) is 3. The van der Waals surface area contributed by atoms with Gasteiger partial charge in [-0.1, -0.05) is 55.3 Å². The van der Waals surface area contributed by atoms with E-state index in [1.54, 1.807) is 0 Å². The largest absolute Gasteiger partial charge is 0.408 e. The number of rotatable bonds is 6. The fourth-order valence-corrected chi connectivity index (χ4v) is 5.70. The van der Waals surface area contributed by atoms with E-state index in [2.05, 4.69) is 5.10 Å². The maximum Gasteiger partial charge on any atom is 0.408 e. The Labute approximate surface area is 173 Å². The van der Waals surface area contributed by atoms with Crippen LogP contribution in [0.3, 0.4) is 0 Å². The lowest BCUT2D eigenvalue weighted by atomic mass is 10.0. The van der Waals surface area contributed by atoms with E-state index in [0.29, 0.717) is 4.68 Å². The standard InChI is InChI=1S/C21H22F3N3O2S/c22-21(23,24)15-26-14-19(12-25-26)30(28,29)27(18-9-2-3-10-18)13-17-8-5-7-16-6-1-4-11-20(16)17/h1,4-8,11-12,14,18H,2-3,9-10,13,15H2. The Balaban J connectivity index is 1.70. The van der Waals surface area contributed by atoms with Crippen molar-refractivity contribution in [3.05, 3.63) is 60.4 Å². The summed E-state index contributed by atoms with van der Waals surface area (Å²) < 4.78 is 66.9. The summed E-state index contributed by atoms with van der Waals surface area (Å²) in [6, 6.07) is 13.3. The summed E-state index contributed by atoms with van der Waals surface area (Å²) in [5, 5.41) is 5.60. The maximum absolute atomic E-state index is 13.4. The third-order valence-corrected chi connectivity index (χ3v) is 7.35. The molecule has 0 unspecified atom stereocenters. The highest BCUT2D eigenvalue weighted by atomic mass is 32.2. The Kier molecular flexibility index (Phi) is 5.59. The molecule has 0 N–H and O–H groups in total. The molecule has 4 rings (SSSR count). The number of alkyl halides is 3. The highest BCUT2D eigenvalue weighted by Gasteiger charge is 2.35. The molecule has 0 saturated heterocycles. The molecule has 1 heterocycles. The van der Waals surface area contributed by atoms with Crippen LogP contribution in [0.2, 0.25) is 0 Å². The van der Waals surface area contributed by atoms with Gasteiger partial charge in [0.15, 0.2) is 0 Å². The molecular weight excluding hydrogens is 415 g/mol. The molecule has 1 fully saturated rings. The lowest BCUT2D eigenvalue weighted by molar-refractivity contribution is -0.142. The zero-order valence-corrected chi connectivity index (χ0v) is 17.0. The second kappa shape index (κ2) is 8.03. The molecule has 0 amide bonds. The molecule has 9 heteroatoms. The van der Waals surface area contributed by atoms with Crippen LogP contribution in [-0.2, 0) is 23.1 Å². The summed E-state index contributed by atoms with van der Waals surface area (Å²) in [7, 11) is -4.00. The number of sulfonamides is 1. The molecule has 0 bridgehead atoms. The molecule has 1 aliphatic carbocycles. The molecule has 0 aliphatic heterocycles. The van der Waals surface area contributed by atoms with Crippen LogP contribution in [0, 0.1) is 0 Å². The molecule has 1 aromatic heterocycles. The summed E-state index contributed by atoms with van der Waals surface area (Å²) in [6.07, 6.45) is 0.835. The Morgan fingerprint density at radius 3 is 2.50 bits per heavy atom. The van der Waals surface area contributed by atoms with Gasteiger partial charge in [-0.2, -0.15) is 22.6 Å². The Morgan fingerprint density at radius 1 is 1.07 bits per heavy atom. The Hall–Kier alpha value is -2.39. The quantitative estimate of drug-likeness (QED) is 0.560. The van der Waals surface area contributed by atoms with Gasteiger partial charge in [-0.3, -0.25) is 4.68 Å².